The quantitative estimate of drug-likeness (QED) is 0.288. The molecule has 5 nitrogen and oxygen atoms in total. The molecule has 0 bridgehead atoms. The average Bonchev–Trinajstić information content (AvgIpc) is 2.96. The van der Waals surface area contributed by atoms with Gasteiger partial charge >= 0.3 is 0 Å². The molecular weight excluding hydrogens is 492 g/mol. The Morgan fingerprint density at radius 2 is 1.45 bits per heavy atom. The van der Waals surface area contributed by atoms with Crippen LogP contribution in [-0.4, -0.2) is 14.3 Å². The maximum atomic E-state index is 13.5. The van der Waals surface area contributed by atoms with Crippen molar-refractivity contribution in [1.82, 2.24) is 5.32 Å². The summed E-state index contributed by atoms with van der Waals surface area (Å²) in [5, 5.41) is 3.11. The second kappa shape index (κ2) is 11.2. The molecule has 0 saturated carbocycles. The van der Waals surface area contributed by atoms with E-state index < -0.39 is 10.0 Å². The third-order valence-electron chi connectivity index (χ3n) is 7.14. The van der Waals surface area contributed by atoms with Crippen molar-refractivity contribution >= 4 is 21.6 Å². The number of carbonyl (C=O) groups excluding carboxylic acids is 1. The molecule has 0 saturated heterocycles. The fourth-order valence-corrected chi connectivity index (χ4v) is 6.42. The molecule has 0 radical (unpaired) electrons. The van der Waals surface area contributed by atoms with E-state index in [0.717, 1.165) is 24.0 Å². The van der Waals surface area contributed by atoms with Gasteiger partial charge in [0.2, 0.25) is 0 Å². The number of anilines is 1. The molecule has 1 aliphatic rings. The Morgan fingerprint density at radius 1 is 0.816 bits per heavy atom. The summed E-state index contributed by atoms with van der Waals surface area (Å²) in [5.74, 6) is -0.154. The third-order valence-corrected chi connectivity index (χ3v) is 8.93. The summed E-state index contributed by atoms with van der Waals surface area (Å²) in [7, 11) is -3.78. The van der Waals surface area contributed by atoms with E-state index in [1.807, 2.05) is 37.3 Å². The van der Waals surface area contributed by atoms with Crippen LogP contribution in [0.2, 0.25) is 0 Å². The molecular formula is C32H32N2O3S. The minimum atomic E-state index is -3.78. The Balaban J connectivity index is 1.31. The van der Waals surface area contributed by atoms with Gasteiger partial charge in [-0.25, -0.2) is 8.42 Å². The van der Waals surface area contributed by atoms with Crippen molar-refractivity contribution < 1.29 is 13.2 Å². The van der Waals surface area contributed by atoms with Crippen LogP contribution in [0.1, 0.15) is 58.4 Å². The number of nitrogens with one attached hydrogen (secondary N) is 1. The molecule has 5 rings (SSSR count). The van der Waals surface area contributed by atoms with E-state index in [4.69, 9.17) is 0 Å². The number of benzene rings is 4. The molecule has 0 heterocycles. The molecule has 194 valence electrons. The highest BCUT2D eigenvalue weighted by Gasteiger charge is 2.25. The van der Waals surface area contributed by atoms with Gasteiger partial charge in [-0.1, -0.05) is 66.7 Å². The molecule has 1 aliphatic carbocycles. The molecule has 6 heteroatoms. The summed E-state index contributed by atoms with van der Waals surface area (Å²) in [5.41, 5.74) is 5.83. The molecule has 1 unspecified atom stereocenters. The molecule has 38 heavy (non-hydrogen) atoms. The van der Waals surface area contributed by atoms with Crippen molar-refractivity contribution in [3.63, 3.8) is 0 Å². The second-order valence-electron chi connectivity index (χ2n) is 9.79. The van der Waals surface area contributed by atoms with E-state index in [2.05, 4.69) is 23.5 Å². The van der Waals surface area contributed by atoms with Crippen LogP contribution in [0.4, 0.5) is 5.69 Å². The zero-order valence-electron chi connectivity index (χ0n) is 21.5. The largest absolute Gasteiger partial charge is 0.346 e. The predicted octanol–water partition coefficient (Wildman–Crippen LogP) is 6.45. The topological polar surface area (TPSA) is 66.5 Å². The fraction of sp³-hybridized carbons (Fsp3) is 0.219. The van der Waals surface area contributed by atoms with Crippen LogP contribution >= 0.6 is 0 Å². The Bertz CT molecular complexity index is 1500. The van der Waals surface area contributed by atoms with Gasteiger partial charge in [0.1, 0.15) is 0 Å². The van der Waals surface area contributed by atoms with Crippen molar-refractivity contribution in [3.8, 4) is 0 Å². The van der Waals surface area contributed by atoms with Crippen molar-refractivity contribution in [3.05, 3.63) is 131 Å². The van der Waals surface area contributed by atoms with Crippen molar-refractivity contribution in [2.75, 3.05) is 4.31 Å². The van der Waals surface area contributed by atoms with Crippen LogP contribution in [-0.2, 0) is 29.4 Å². The summed E-state index contributed by atoms with van der Waals surface area (Å²) >= 11 is 0. The first-order valence-corrected chi connectivity index (χ1v) is 14.5. The number of carbonyl (C=O) groups is 1. The molecule has 0 aliphatic heterocycles. The van der Waals surface area contributed by atoms with Gasteiger partial charge in [0.25, 0.3) is 15.9 Å². The standard InChI is InChI=1S/C32H32N2O3S/c1-24(28-21-20-26-10-8-9-11-29(26)22-28)33-32(35)27-18-16-25(17-19-27)23-34(30-12-4-2-5-13-30)38(36,37)31-14-6-3-7-15-31/h2-7,12-22,24H,8-11,23H2,1H3,(H,33,35). The summed E-state index contributed by atoms with van der Waals surface area (Å²) in [6.45, 7) is 2.15. The SMILES string of the molecule is CC(NC(=O)c1ccc(CN(c2ccccc2)S(=O)(=O)c2ccccc2)cc1)c1ccc2c(c1)CCCC2. The van der Waals surface area contributed by atoms with Crippen molar-refractivity contribution in [1.29, 1.82) is 0 Å². The van der Waals surface area contributed by atoms with Gasteiger partial charge in [0.15, 0.2) is 0 Å². The average molecular weight is 525 g/mol. The number of para-hydroxylation sites is 1. The van der Waals surface area contributed by atoms with Gasteiger partial charge in [0, 0.05) is 5.56 Å². The van der Waals surface area contributed by atoms with Gasteiger partial charge in [-0.15, -0.1) is 0 Å². The number of amides is 1. The lowest BCUT2D eigenvalue weighted by Gasteiger charge is -2.25. The third kappa shape index (κ3) is 5.65. The lowest BCUT2D eigenvalue weighted by Crippen LogP contribution is -2.30. The summed E-state index contributed by atoms with van der Waals surface area (Å²) in [4.78, 5) is 13.2. The first-order chi connectivity index (χ1) is 18.4. The lowest BCUT2D eigenvalue weighted by molar-refractivity contribution is 0.0940. The van der Waals surface area contributed by atoms with Gasteiger partial charge < -0.3 is 5.32 Å². The first-order valence-electron chi connectivity index (χ1n) is 13.1. The van der Waals surface area contributed by atoms with E-state index in [-0.39, 0.29) is 23.4 Å². The van der Waals surface area contributed by atoms with Crippen LogP contribution < -0.4 is 9.62 Å². The second-order valence-corrected chi connectivity index (χ2v) is 11.6. The van der Waals surface area contributed by atoms with Crippen molar-refractivity contribution in [2.24, 2.45) is 0 Å². The highest BCUT2D eigenvalue weighted by molar-refractivity contribution is 7.92. The fourth-order valence-electron chi connectivity index (χ4n) is 4.94. The molecule has 0 fully saturated rings. The van der Waals surface area contributed by atoms with Crippen LogP contribution in [0.3, 0.4) is 0 Å². The Kier molecular flexibility index (Phi) is 7.61. The van der Waals surface area contributed by atoms with Crippen LogP contribution in [0.5, 0.6) is 0 Å². The number of rotatable bonds is 8. The zero-order chi connectivity index (χ0) is 26.5. The van der Waals surface area contributed by atoms with E-state index in [0.29, 0.717) is 11.3 Å². The minimum absolute atomic E-state index is 0.112. The van der Waals surface area contributed by atoms with Gasteiger partial charge in [-0.2, -0.15) is 0 Å². The summed E-state index contributed by atoms with van der Waals surface area (Å²) < 4.78 is 28.4. The van der Waals surface area contributed by atoms with Crippen LogP contribution in [0.25, 0.3) is 0 Å². The smallest absolute Gasteiger partial charge is 0.264 e. The maximum absolute atomic E-state index is 13.5. The normalized spacial score (nSPS) is 13.8. The highest BCUT2D eigenvalue weighted by atomic mass is 32.2. The Labute approximate surface area is 225 Å². The lowest BCUT2D eigenvalue weighted by atomic mass is 9.89. The van der Waals surface area contributed by atoms with Gasteiger partial charge in [0.05, 0.1) is 23.2 Å². The molecule has 4 aromatic carbocycles. The minimum Gasteiger partial charge on any atom is -0.346 e. The first kappa shape index (κ1) is 25.7. The van der Waals surface area contributed by atoms with E-state index in [1.165, 1.54) is 28.3 Å². The number of hydrogen-bond donors (Lipinski definition) is 1. The van der Waals surface area contributed by atoms with E-state index in [9.17, 15) is 13.2 Å². The van der Waals surface area contributed by atoms with E-state index >= 15 is 0 Å². The number of nitrogens with zero attached hydrogens (tertiary/aromatic N) is 1. The molecule has 0 spiro atoms. The number of fused-ring (bicyclic) bond motifs is 1. The van der Waals surface area contributed by atoms with Crippen molar-refractivity contribution in [2.45, 2.75) is 50.1 Å². The zero-order valence-corrected chi connectivity index (χ0v) is 22.3. The molecule has 1 amide bonds. The molecule has 0 aromatic heterocycles. The summed E-state index contributed by atoms with van der Waals surface area (Å²) in [6.07, 6.45) is 4.70. The van der Waals surface area contributed by atoms with Crippen LogP contribution in [0, 0.1) is 0 Å². The highest BCUT2D eigenvalue weighted by Crippen LogP contribution is 2.27. The van der Waals surface area contributed by atoms with Gasteiger partial charge in [-0.05, 0) is 91.3 Å². The summed E-state index contributed by atoms with van der Waals surface area (Å²) in [6, 6.07) is 31.1. The predicted molar refractivity (Wildman–Crippen MR) is 152 cm³/mol. The number of sulfonamides is 1. The maximum Gasteiger partial charge on any atom is 0.264 e. The number of hydrogen-bond acceptors (Lipinski definition) is 3. The molecule has 1 atom stereocenters. The van der Waals surface area contributed by atoms with Gasteiger partial charge in [-0.3, -0.25) is 9.10 Å². The van der Waals surface area contributed by atoms with E-state index in [1.54, 1.807) is 54.6 Å². The Morgan fingerprint density at radius 3 is 2.13 bits per heavy atom. The van der Waals surface area contributed by atoms with Crippen LogP contribution in [0.15, 0.2) is 108 Å². The number of aryl methyl sites for hydroxylation is 2. The molecule has 1 N–H and O–H groups in total. The Hall–Kier alpha value is -3.90. The molecule has 4 aromatic rings. The monoisotopic (exact) mass is 524 g/mol.